The summed E-state index contributed by atoms with van der Waals surface area (Å²) in [5.74, 6) is -0.808. The highest BCUT2D eigenvalue weighted by Crippen LogP contribution is 2.30. The molecule has 1 aliphatic heterocycles. The van der Waals surface area contributed by atoms with Crippen molar-refractivity contribution < 1.29 is 13.9 Å². The van der Waals surface area contributed by atoms with Crippen molar-refractivity contribution in [3.05, 3.63) is 57.6 Å². The van der Waals surface area contributed by atoms with Crippen molar-refractivity contribution in [1.29, 1.82) is 0 Å². The summed E-state index contributed by atoms with van der Waals surface area (Å²) < 4.78 is 14.0. The predicted octanol–water partition coefficient (Wildman–Crippen LogP) is 2.47. The largest absolute Gasteiger partial charge is 0.623 e. The van der Waals surface area contributed by atoms with Gasteiger partial charge < -0.3 is 5.21 Å². The van der Waals surface area contributed by atoms with Crippen LogP contribution in [0.2, 0.25) is 0 Å². The molecule has 1 aromatic rings. The van der Waals surface area contributed by atoms with Crippen LogP contribution in [0.5, 0.6) is 0 Å². The Labute approximate surface area is 103 Å². The molecule has 0 fully saturated rings. The van der Waals surface area contributed by atoms with Gasteiger partial charge in [0.2, 0.25) is 6.54 Å². The smallest absolute Gasteiger partial charge is 0.267 e. The number of halogens is 1. The summed E-state index contributed by atoms with van der Waals surface area (Å²) in [5, 5.41) is 11.7. The third kappa shape index (κ3) is 1.35. The first-order valence-corrected chi connectivity index (χ1v) is 5.62. The van der Waals surface area contributed by atoms with Crippen LogP contribution in [0.4, 0.5) is 4.39 Å². The van der Waals surface area contributed by atoms with Gasteiger partial charge in [0.15, 0.2) is 5.83 Å². The maximum Gasteiger partial charge on any atom is 0.267 e. The quantitative estimate of drug-likeness (QED) is 0.519. The molecule has 4 heteroatoms. The maximum absolute atomic E-state index is 13.6. The van der Waals surface area contributed by atoms with Crippen LogP contribution >= 0.6 is 0 Å². The summed E-state index contributed by atoms with van der Waals surface area (Å²) in [7, 11) is 0. The molecule has 1 aromatic carbocycles. The number of hydrogen-bond donors (Lipinski definition) is 0. The molecule has 0 N–H and O–H groups in total. The highest BCUT2D eigenvalue weighted by Gasteiger charge is 2.36. The van der Waals surface area contributed by atoms with E-state index < -0.39 is 5.83 Å². The van der Waals surface area contributed by atoms with Crippen molar-refractivity contribution in [3.63, 3.8) is 0 Å². The van der Waals surface area contributed by atoms with Crippen LogP contribution in [0.1, 0.15) is 22.8 Å². The van der Waals surface area contributed by atoms with Gasteiger partial charge in [-0.05, 0) is 18.6 Å². The van der Waals surface area contributed by atoms with Gasteiger partial charge in [0, 0.05) is 11.1 Å². The molecule has 0 radical (unpaired) electrons. The molecule has 1 aliphatic carbocycles. The first-order chi connectivity index (χ1) is 8.59. The van der Waals surface area contributed by atoms with Crippen LogP contribution in [0.25, 0.3) is 6.08 Å². The maximum atomic E-state index is 13.6. The number of carbonyl (C=O) groups excluding carboxylic acids is 1. The van der Waals surface area contributed by atoms with E-state index in [1.807, 2.05) is 0 Å². The van der Waals surface area contributed by atoms with E-state index in [0.717, 1.165) is 5.56 Å². The van der Waals surface area contributed by atoms with Gasteiger partial charge in [-0.3, -0.25) is 4.79 Å². The highest BCUT2D eigenvalue weighted by atomic mass is 19.1. The Morgan fingerprint density at radius 2 is 2.06 bits per heavy atom. The normalized spacial score (nSPS) is 18.6. The number of hydroxylamine groups is 1. The lowest BCUT2D eigenvalue weighted by Gasteiger charge is -2.22. The number of allylic oxidation sites excluding steroid dienone is 2. The number of carbonyl (C=O) groups is 1. The molecule has 3 nitrogen and oxygen atoms in total. The van der Waals surface area contributed by atoms with Gasteiger partial charge in [0.05, 0.1) is 5.57 Å². The zero-order valence-electron chi connectivity index (χ0n) is 9.74. The van der Waals surface area contributed by atoms with E-state index in [0.29, 0.717) is 21.4 Å². The van der Waals surface area contributed by atoms with Crippen LogP contribution in [0.15, 0.2) is 41.2 Å². The Morgan fingerprint density at radius 3 is 2.83 bits per heavy atom. The van der Waals surface area contributed by atoms with Crippen molar-refractivity contribution in [3.8, 4) is 0 Å². The predicted molar refractivity (Wildman–Crippen MR) is 66.1 cm³/mol. The first-order valence-electron chi connectivity index (χ1n) is 5.62. The Kier molecular flexibility index (Phi) is 2.20. The SMILES string of the molecule is CC1=C(F)C[N+]([O-])=C2C(=O)c3ccccc3C=C12. The second kappa shape index (κ2) is 3.63. The molecule has 0 atom stereocenters. The zero-order chi connectivity index (χ0) is 12.9. The van der Waals surface area contributed by atoms with E-state index in [1.54, 1.807) is 37.3 Å². The van der Waals surface area contributed by atoms with Gasteiger partial charge in [-0.1, -0.05) is 24.3 Å². The Morgan fingerprint density at radius 1 is 1.33 bits per heavy atom. The van der Waals surface area contributed by atoms with Gasteiger partial charge in [-0.15, -0.1) is 0 Å². The molecule has 18 heavy (non-hydrogen) atoms. The Balaban J connectivity index is 2.32. The van der Waals surface area contributed by atoms with Crippen molar-refractivity contribution in [2.75, 3.05) is 6.54 Å². The minimum absolute atomic E-state index is 0.0487. The minimum Gasteiger partial charge on any atom is -0.623 e. The minimum atomic E-state index is -0.479. The van der Waals surface area contributed by atoms with Gasteiger partial charge in [0.25, 0.3) is 11.5 Å². The van der Waals surface area contributed by atoms with Crippen LogP contribution < -0.4 is 0 Å². The Bertz CT molecular complexity index is 668. The fourth-order valence-electron chi connectivity index (χ4n) is 2.31. The molecule has 0 unspecified atom stereocenters. The van der Waals surface area contributed by atoms with Gasteiger partial charge >= 0.3 is 0 Å². The van der Waals surface area contributed by atoms with Crippen LogP contribution in [0, 0.1) is 5.21 Å². The fraction of sp³-hybridized carbons (Fsp3) is 0.143. The lowest BCUT2D eigenvalue weighted by molar-refractivity contribution is -0.450. The molecule has 0 aromatic heterocycles. The first kappa shape index (κ1) is 10.9. The number of fused-ring (bicyclic) bond motifs is 2. The summed E-state index contributed by atoms with van der Waals surface area (Å²) in [6.45, 7) is 1.21. The summed E-state index contributed by atoms with van der Waals surface area (Å²) in [6, 6.07) is 7.01. The molecule has 90 valence electrons. The standard InChI is InChI=1S/C14H10FNO2/c1-8-11-6-9-4-2-3-5-10(9)14(17)13(11)16(18)7-12(8)15/h2-6H,7H2,1H3. The van der Waals surface area contributed by atoms with E-state index in [9.17, 15) is 14.4 Å². The molecule has 0 spiro atoms. The van der Waals surface area contributed by atoms with E-state index >= 15 is 0 Å². The zero-order valence-corrected chi connectivity index (χ0v) is 9.74. The van der Waals surface area contributed by atoms with Crippen LogP contribution in [-0.4, -0.2) is 22.8 Å². The van der Waals surface area contributed by atoms with Crippen molar-refractivity contribution >= 4 is 17.6 Å². The van der Waals surface area contributed by atoms with Gasteiger partial charge in [0.1, 0.15) is 0 Å². The van der Waals surface area contributed by atoms with E-state index in [1.165, 1.54) is 0 Å². The lowest BCUT2D eigenvalue weighted by atomic mass is 9.85. The van der Waals surface area contributed by atoms with E-state index in [2.05, 4.69) is 0 Å². The lowest BCUT2D eigenvalue weighted by Crippen LogP contribution is -2.34. The average Bonchev–Trinajstić information content (AvgIpc) is 2.36. The number of benzene rings is 1. The monoisotopic (exact) mass is 243 g/mol. The number of Topliss-reactive ketones (excluding diaryl/α,β-unsaturated/α-hetero) is 1. The highest BCUT2D eigenvalue weighted by molar-refractivity contribution is 6.53. The summed E-state index contributed by atoms with van der Waals surface area (Å²) in [4.78, 5) is 12.2. The molecular weight excluding hydrogens is 233 g/mol. The van der Waals surface area contributed by atoms with Crippen molar-refractivity contribution in [2.45, 2.75) is 6.92 Å². The second-order valence-corrected chi connectivity index (χ2v) is 4.39. The molecule has 0 bridgehead atoms. The van der Waals surface area contributed by atoms with E-state index in [4.69, 9.17) is 0 Å². The third-order valence-corrected chi connectivity index (χ3v) is 3.32. The average molecular weight is 243 g/mol. The number of hydrogen-bond acceptors (Lipinski definition) is 2. The summed E-state index contributed by atoms with van der Waals surface area (Å²) in [5.41, 5.74) is 2.04. The van der Waals surface area contributed by atoms with Gasteiger partial charge in [-0.2, -0.15) is 4.74 Å². The van der Waals surface area contributed by atoms with Crippen LogP contribution in [0.3, 0.4) is 0 Å². The molecule has 0 saturated heterocycles. The number of nitrogens with zero attached hydrogens (tertiary/aromatic N) is 1. The molecule has 2 aliphatic rings. The summed E-state index contributed by atoms with van der Waals surface area (Å²) in [6.07, 6.45) is 1.70. The summed E-state index contributed by atoms with van der Waals surface area (Å²) >= 11 is 0. The number of ketones is 1. The molecule has 1 heterocycles. The van der Waals surface area contributed by atoms with Crippen molar-refractivity contribution in [1.82, 2.24) is 0 Å². The van der Waals surface area contributed by atoms with Crippen LogP contribution in [-0.2, 0) is 0 Å². The fourth-order valence-corrected chi connectivity index (χ4v) is 2.31. The molecule has 0 saturated carbocycles. The topological polar surface area (TPSA) is 43.1 Å². The number of rotatable bonds is 0. The van der Waals surface area contributed by atoms with Gasteiger partial charge in [-0.25, -0.2) is 4.39 Å². The third-order valence-electron chi connectivity index (χ3n) is 3.32. The van der Waals surface area contributed by atoms with E-state index in [-0.39, 0.29) is 18.0 Å². The Hall–Kier alpha value is -2.23. The molecular formula is C14H10FNO2. The second-order valence-electron chi connectivity index (χ2n) is 4.39. The van der Waals surface area contributed by atoms with Crippen molar-refractivity contribution in [2.24, 2.45) is 0 Å². The molecule has 0 amide bonds. The molecule has 3 rings (SSSR count).